The first-order chi connectivity index (χ1) is 9.93. The topological polar surface area (TPSA) is 59.3 Å². The molecule has 1 aromatic carbocycles. The number of alkyl halides is 3. The first-order valence-electron chi connectivity index (χ1n) is 6.65. The fraction of sp³-hybridized carbons (Fsp3) is 0.467. The van der Waals surface area contributed by atoms with E-state index in [4.69, 9.17) is 4.42 Å². The summed E-state index contributed by atoms with van der Waals surface area (Å²) in [4.78, 5) is 22.5. The third-order valence-corrected chi connectivity index (χ3v) is 3.54. The van der Waals surface area contributed by atoms with Gasteiger partial charge in [-0.2, -0.15) is 13.2 Å². The van der Waals surface area contributed by atoms with Crippen LogP contribution in [0.5, 0.6) is 0 Å². The van der Waals surface area contributed by atoms with E-state index < -0.39 is 23.1 Å². The lowest BCUT2D eigenvalue weighted by Gasteiger charge is -2.22. The van der Waals surface area contributed by atoms with Crippen molar-refractivity contribution in [1.29, 1.82) is 0 Å². The van der Waals surface area contributed by atoms with Gasteiger partial charge in [-0.15, -0.1) is 0 Å². The summed E-state index contributed by atoms with van der Waals surface area (Å²) < 4.78 is 44.8. The number of hydrogen-bond acceptors (Lipinski definition) is 4. The predicted octanol–water partition coefficient (Wildman–Crippen LogP) is 3.20. The van der Waals surface area contributed by atoms with E-state index in [0.717, 1.165) is 0 Å². The highest BCUT2D eigenvalue weighted by Crippen LogP contribution is 2.38. The van der Waals surface area contributed by atoms with Crippen LogP contribution in [0.25, 0.3) is 0 Å². The van der Waals surface area contributed by atoms with Gasteiger partial charge in [0.05, 0.1) is 12.0 Å². The van der Waals surface area contributed by atoms with E-state index in [0.29, 0.717) is 5.56 Å². The van der Waals surface area contributed by atoms with Crippen molar-refractivity contribution in [3.63, 3.8) is 0 Å². The van der Waals surface area contributed by atoms with Gasteiger partial charge in [0.1, 0.15) is 5.76 Å². The van der Waals surface area contributed by atoms with Crippen molar-refractivity contribution in [3.8, 4) is 0 Å². The quantitative estimate of drug-likeness (QED) is 0.884. The summed E-state index contributed by atoms with van der Waals surface area (Å²) >= 11 is 0. The van der Waals surface area contributed by atoms with Crippen molar-refractivity contribution in [2.75, 3.05) is 5.32 Å². The van der Waals surface area contributed by atoms with Crippen LogP contribution in [0.15, 0.2) is 26.3 Å². The van der Waals surface area contributed by atoms with Crippen LogP contribution in [0.3, 0.4) is 0 Å². The maximum absolute atomic E-state index is 13.2. The molecule has 1 N–H and O–H groups in total. The van der Waals surface area contributed by atoms with Crippen LogP contribution in [-0.2, 0) is 5.41 Å². The molecule has 2 aromatic rings. The maximum atomic E-state index is 13.2. The molecule has 22 heavy (non-hydrogen) atoms. The van der Waals surface area contributed by atoms with Gasteiger partial charge in [0.15, 0.2) is 6.04 Å². The SMILES string of the molecule is Cc1c(N[C@@H](c2cc(C(C)(C)C)co2)C(F)(F)F)c(=O)c1=O. The minimum atomic E-state index is -4.67. The highest BCUT2D eigenvalue weighted by Gasteiger charge is 2.44. The monoisotopic (exact) mass is 315 g/mol. The molecule has 2 rings (SSSR count). The van der Waals surface area contributed by atoms with Crippen molar-refractivity contribution in [3.05, 3.63) is 49.7 Å². The molecule has 0 radical (unpaired) electrons. The summed E-state index contributed by atoms with van der Waals surface area (Å²) in [7, 11) is 0. The van der Waals surface area contributed by atoms with Gasteiger partial charge in [0.25, 0.3) is 0 Å². The molecular weight excluding hydrogens is 299 g/mol. The molecule has 0 bridgehead atoms. The molecule has 0 saturated carbocycles. The van der Waals surface area contributed by atoms with Crippen molar-refractivity contribution in [2.45, 2.75) is 45.3 Å². The van der Waals surface area contributed by atoms with Crippen LogP contribution in [0.2, 0.25) is 0 Å². The lowest BCUT2D eigenvalue weighted by atomic mass is 9.89. The largest absolute Gasteiger partial charge is 0.466 e. The van der Waals surface area contributed by atoms with Crippen molar-refractivity contribution < 1.29 is 17.6 Å². The van der Waals surface area contributed by atoms with Crippen LogP contribution in [0.1, 0.15) is 43.7 Å². The molecule has 0 amide bonds. The zero-order valence-corrected chi connectivity index (χ0v) is 12.6. The minimum Gasteiger partial charge on any atom is -0.466 e. The van der Waals surface area contributed by atoms with Gasteiger partial charge in [-0.3, -0.25) is 9.59 Å². The summed E-state index contributed by atoms with van der Waals surface area (Å²) in [5, 5.41) is 2.09. The molecule has 0 aliphatic heterocycles. The Labute approximate surface area is 124 Å². The summed E-state index contributed by atoms with van der Waals surface area (Å²) in [6, 6.07) is -0.864. The Morgan fingerprint density at radius 2 is 1.73 bits per heavy atom. The van der Waals surface area contributed by atoms with Crippen LogP contribution < -0.4 is 16.2 Å². The summed E-state index contributed by atoms with van der Waals surface area (Å²) in [5.74, 6) is -0.343. The van der Waals surface area contributed by atoms with Gasteiger partial charge in [0, 0.05) is 5.56 Å². The Balaban J connectivity index is 2.38. The number of rotatable bonds is 3. The zero-order chi connectivity index (χ0) is 16.9. The fourth-order valence-corrected chi connectivity index (χ4v) is 2.04. The molecule has 0 saturated heterocycles. The molecule has 1 aromatic heterocycles. The Kier molecular flexibility index (Phi) is 3.71. The summed E-state index contributed by atoms with van der Waals surface area (Å²) in [6.45, 7) is 6.84. The molecule has 1 atom stereocenters. The molecule has 120 valence electrons. The molecule has 0 aliphatic rings. The molecule has 4 nitrogen and oxygen atoms in total. The van der Waals surface area contributed by atoms with Gasteiger partial charge in [-0.25, -0.2) is 0 Å². The number of hydrogen-bond donors (Lipinski definition) is 1. The minimum absolute atomic E-state index is 0.00171. The number of anilines is 1. The second-order valence-corrected chi connectivity index (χ2v) is 6.26. The van der Waals surface area contributed by atoms with E-state index in [1.807, 2.05) is 20.8 Å². The molecule has 7 heteroatoms. The van der Waals surface area contributed by atoms with E-state index in [1.54, 1.807) is 0 Å². The molecule has 0 spiro atoms. The van der Waals surface area contributed by atoms with Crippen LogP contribution in [-0.4, -0.2) is 6.18 Å². The van der Waals surface area contributed by atoms with Crippen molar-refractivity contribution >= 4 is 5.69 Å². The van der Waals surface area contributed by atoms with E-state index in [9.17, 15) is 22.8 Å². The smallest absolute Gasteiger partial charge is 0.415 e. The second-order valence-electron chi connectivity index (χ2n) is 6.26. The van der Waals surface area contributed by atoms with Gasteiger partial charge in [-0.1, -0.05) is 20.8 Å². The van der Waals surface area contributed by atoms with Gasteiger partial charge in [0.2, 0.25) is 10.9 Å². The lowest BCUT2D eigenvalue weighted by Crippen LogP contribution is -2.40. The molecule has 0 fully saturated rings. The fourth-order valence-electron chi connectivity index (χ4n) is 2.04. The Morgan fingerprint density at radius 1 is 1.14 bits per heavy atom. The summed E-state index contributed by atoms with van der Waals surface area (Å²) in [5.41, 5.74) is -1.76. The predicted molar refractivity (Wildman–Crippen MR) is 75.9 cm³/mol. The van der Waals surface area contributed by atoms with Gasteiger partial charge >= 0.3 is 6.18 Å². The van der Waals surface area contributed by atoms with Gasteiger partial charge in [-0.05, 0) is 24.0 Å². The van der Waals surface area contributed by atoms with Crippen molar-refractivity contribution in [1.82, 2.24) is 0 Å². The number of nitrogens with one attached hydrogen (secondary N) is 1. The molecule has 0 aliphatic carbocycles. The molecule has 0 unspecified atom stereocenters. The number of furan rings is 1. The average Bonchev–Trinajstić information content (AvgIpc) is 2.86. The lowest BCUT2D eigenvalue weighted by molar-refractivity contribution is -0.147. The highest BCUT2D eigenvalue weighted by molar-refractivity contribution is 5.56. The third-order valence-electron chi connectivity index (χ3n) is 3.54. The first-order valence-corrected chi connectivity index (χ1v) is 6.65. The Hall–Kier alpha value is -2.05. The standard InChI is InChI=1S/C15H16F3NO3/c1-7-10(12(21)11(7)20)19-13(15(16,17)18)9-5-8(6-22-9)14(2,3)4/h5-6,13,19H,1-4H3/t13-/m0/s1. The van der Waals surface area contributed by atoms with E-state index in [2.05, 4.69) is 5.32 Å². The van der Waals surface area contributed by atoms with Crippen molar-refractivity contribution in [2.24, 2.45) is 0 Å². The average molecular weight is 315 g/mol. The number of halogens is 3. The first kappa shape index (κ1) is 16.3. The molecular formula is C15H16F3NO3. The second kappa shape index (κ2) is 5.00. The van der Waals surface area contributed by atoms with Gasteiger partial charge < -0.3 is 9.73 Å². The van der Waals surface area contributed by atoms with E-state index >= 15 is 0 Å². The Morgan fingerprint density at radius 3 is 2.14 bits per heavy atom. The summed E-state index contributed by atoms with van der Waals surface area (Å²) in [6.07, 6.45) is -3.40. The van der Waals surface area contributed by atoms with E-state index in [1.165, 1.54) is 19.3 Å². The third kappa shape index (κ3) is 2.80. The Bertz CT molecular complexity index is 758. The maximum Gasteiger partial charge on any atom is 0.415 e. The highest BCUT2D eigenvalue weighted by atomic mass is 19.4. The normalized spacial score (nSPS) is 14.3. The van der Waals surface area contributed by atoms with E-state index in [-0.39, 0.29) is 22.4 Å². The van der Waals surface area contributed by atoms with Crippen LogP contribution >= 0.6 is 0 Å². The zero-order valence-electron chi connectivity index (χ0n) is 12.6. The van der Waals surface area contributed by atoms with Crippen LogP contribution in [0.4, 0.5) is 18.9 Å². The van der Waals surface area contributed by atoms with Crippen LogP contribution in [0, 0.1) is 6.92 Å². The molecule has 1 heterocycles.